The van der Waals surface area contributed by atoms with Crippen molar-refractivity contribution >= 4 is 0 Å². The third-order valence-electron chi connectivity index (χ3n) is 4.02. The molecule has 4 heteroatoms. The van der Waals surface area contributed by atoms with Crippen LogP contribution in [-0.2, 0) is 7.05 Å². The van der Waals surface area contributed by atoms with Crippen molar-refractivity contribution < 1.29 is 5.11 Å². The lowest BCUT2D eigenvalue weighted by Gasteiger charge is -2.14. The van der Waals surface area contributed by atoms with E-state index in [1.807, 2.05) is 44.3 Å². The van der Waals surface area contributed by atoms with Crippen LogP contribution in [0.25, 0.3) is 11.1 Å². The predicted octanol–water partition coefficient (Wildman–Crippen LogP) is 3.35. The first kappa shape index (κ1) is 15.0. The molecule has 0 fully saturated rings. The van der Waals surface area contributed by atoms with E-state index in [2.05, 4.69) is 11.1 Å². The molecule has 0 bridgehead atoms. The van der Waals surface area contributed by atoms with E-state index in [-0.39, 0.29) is 0 Å². The summed E-state index contributed by atoms with van der Waals surface area (Å²) in [4.78, 5) is 4.20. The number of aromatic nitrogens is 2. The first-order chi connectivity index (χ1) is 11.1. The zero-order chi connectivity index (χ0) is 16.4. The van der Waals surface area contributed by atoms with Crippen molar-refractivity contribution in [1.29, 1.82) is 5.26 Å². The fourth-order valence-corrected chi connectivity index (χ4v) is 2.72. The van der Waals surface area contributed by atoms with Gasteiger partial charge in [-0.15, -0.1) is 0 Å². The summed E-state index contributed by atoms with van der Waals surface area (Å²) in [7, 11) is 1.84. The second-order valence-corrected chi connectivity index (χ2v) is 5.53. The maximum absolute atomic E-state index is 10.6. The Kier molecular flexibility index (Phi) is 3.96. The molecule has 0 spiro atoms. The number of aliphatic hydroxyl groups is 1. The van der Waals surface area contributed by atoms with Crippen molar-refractivity contribution in [3.05, 3.63) is 77.4 Å². The monoisotopic (exact) mass is 303 g/mol. The van der Waals surface area contributed by atoms with Crippen LogP contribution in [0, 0.1) is 18.3 Å². The van der Waals surface area contributed by atoms with Crippen molar-refractivity contribution in [3.63, 3.8) is 0 Å². The number of imidazole rings is 1. The van der Waals surface area contributed by atoms with Crippen LogP contribution in [-0.4, -0.2) is 14.7 Å². The molecule has 23 heavy (non-hydrogen) atoms. The average molecular weight is 303 g/mol. The van der Waals surface area contributed by atoms with Crippen LogP contribution in [0.5, 0.6) is 0 Å². The lowest BCUT2D eigenvalue weighted by molar-refractivity contribution is 0.206. The summed E-state index contributed by atoms with van der Waals surface area (Å²) in [5, 5.41) is 20.0. The molecule has 0 aliphatic rings. The van der Waals surface area contributed by atoms with Crippen LogP contribution in [0.15, 0.2) is 54.9 Å². The number of hydrogen-bond acceptors (Lipinski definition) is 3. The van der Waals surface area contributed by atoms with Crippen LogP contribution in [0.3, 0.4) is 0 Å². The second-order valence-electron chi connectivity index (χ2n) is 5.53. The minimum absolute atomic E-state index is 0.574. The Hall–Kier alpha value is -2.90. The third-order valence-corrected chi connectivity index (χ3v) is 4.02. The molecule has 3 rings (SSSR count). The van der Waals surface area contributed by atoms with E-state index in [4.69, 9.17) is 0 Å². The minimum Gasteiger partial charge on any atom is -0.380 e. The molecule has 2 aromatic carbocycles. The zero-order valence-corrected chi connectivity index (χ0v) is 13.1. The van der Waals surface area contributed by atoms with Gasteiger partial charge in [-0.1, -0.05) is 30.3 Å². The molecule has 1 atom stereocenters. The molecular formula is C19H17N3O. The van der Waals surface area contributed by atoms with Crippen LogP contribution < -0.4 is 0 Å². The molecule has 0 amide bonds. The fraction of sp³-hybridized carbons (Fsp3) is 0.158. The highest BCUT2D eigenvalue weighted by atomic mass is 16.3. The van der Waals surface area contributed by atoms with Crippen LogP contribution in [0.4, 0.5) is 0 Å². The van der Waals surface area contributed by atoms with Crippen molar-refractivity contribution in [1.82, 2.24) is 9.55 Å². The topological polar surface area (TPSA) is 61.8 Å². The van der Waals surface area contributed by atoms with E-state index in [9.17, 15) is 10.4 Å². The van der Waals surface area contributed by atoms with E-state index in [0.717, 1.165) is 22.3 Å². The molecule has 3 aromatic rings. The maximum Gasteiger partial charge on any atom is 0.142 e. The molecule has 1 heterocycles. The Morgan fingerprint density at radius 3 is 2.61 bits per heavy atom. The van der Waals surface area contributed by atoms with Gasteiger partial charge in [0.1, 0.15) is 11.9 Å². The lowest BCUT2D eigenvalue weighted by atomic mass is 9.93. The standard InChI is InChI=1S/C19H17N3O/c1-13-5-3-4-6-16(13)17-11-14(7-8-15(17)12-20)18(23)19-21-9-10-22(19)2/h3-11,18,23H,1-2H3. The summed E-state index contributed by atoms with van der Waals surface area (Å²) in [6, 6.07) is 15.6. The molecule has 1 N–H and O–H groups in total. The van der Waals surface area contributed by atoms with Crippen LogP contribution in [0.2, 0.25) is 0 Å². The van der Waals surface area contributed by atoms with Gasteiger partial charge in [-0.2, -0.15) is 5.26 Å². The summed E-state index contributed by atoms with van der Waals surface area (Å²) in [6.07, 6.45) is 2.63. The molecule has 0 saturated carbocycles. The number of rotatable bonds is 3. The number of aliphatic hydroxyl groups excluding tert-OH is 1. The largest absolute Gasteiger partial charge is 0.380 e. The fourth-order valence-electron chi connectivity index (χ4n) is 2.72. The highest BCUT2D eigenvalue weighted by Gasteiger charge is 2.17. The van der Waals surface area contributed by atoms with Crippen molar-refractivity contribution in [3.8, 4) is 17.2 Å². The van der Waals surface area contributed by atoms with E-state index in [1.165, 1.54) is 0 Å². The van der Waals surface area contributed by atoms with Crippen molar-refractivity contribution in [2.24, 2.45) is 7.05 Å². The van der Waals surface area contributed by atoms with Gasteiger partial charge in [0.15, 0.2) is 0 Å². The van der Waals surface area contributed by atoms with E-state index >= 15 is 0 Å². The third kappa shape index (κ3) is 2.75. The van der Waals surface area contributed by atoms with Crippen LogP contribution in [0.1, 0.15) is 28.6 Å². The molecule has 1 aromatic heterocycles. The van der Waals surface area contributed by atoms with Crippen LogP contribution >= 0.6 is 0 Å². The lowest BCUT2D eigenvalue weighted by Crippen LogP contribution is -2.07. The van der Waals surface area contributed by atoms with E-state index in [0.29, 0.717) is 11.4 Å². The Balaban J connectivity index is 2.13. The molecule has 0 aliphatic carbocycles. The van der Waals surface area contributed by atoms with Gasteiger partial charge < -0.3 is 9.67 Å². The molecule has 0 radical (unpaired) electrons. The smallest absolute Gasteiger partial charge is 0.142 e. The molecule has 114 valence electrons. The number of nitrogens with zero attached hydrogens (tertiary/aromatic N) is 3. The average Bonchev–Trinajstić information content (AvgIpc) is 3.00. The Labute approximate surface area is 135 Å². The number of aryl methyl sites for hydroxylation is 2. The zero-order valence-electron chi connectivity index (χ0n) is 13.1. The second kappa shape index (κ2) is 6.07. The molecular weight excluding hydrogens is 286 g/mol. The quantitative estimate of drug-likeness (QED) is 0.807. The van der Waals surface area contributed by atoms with Gasteiger partial charge in [-0.25, -0.2) is 4.98 Å². The highest BCUT2D eigenvalue weighted by molar-refractivity contribution is 5.74. The SMILES string of the molecule is Cc1ccccc1-c1cc(C(O)c2nccn2C)ccc1C#N. The van der Waals surface area contributed by atoms with E-state index < -0.39 is 6.10 Å². The van der Waals surface area contributed by atoms with Gasteiger partial charge in [0, 0.05) is 25.0 Å². The number of benzene rings is 2. The summed E-state index contributed by atoms with van der Waals surface area (Å²) in [5.41, 5.74) is 4.23. The summed E-state index contributed by atoms with van der Waals surface area (Å²) < 4.78 is 1.79. The van der Waals surface area contributed by atoms with Crippen molar-refractivity contribution in [2.75, 3.05) is 0 Å². The maximum atomic E-state index is 10.6. The van der Waals surface area contributed by atoms with Gasteiger partial charge >= 0.3 is 0 Å². The normalized spacial score (nSPS) is 11.9. The summed E-state index contributed by atoms with van der Waals surface area (Å²) in [6.45, 7) is 2.01. The molecule has 0 saturated heterocycles. The van der Waals surface area contributed by atoms with Gasteiger partial charge in [0.05, 0.1) is 11.6 Å². The Morgan fingerprint density at radius 2 is 1.96 bits per heavy atom. The summed E-state index contributed by atoms with van der Waals surface area (Å²) in [5.74, 6) is 0.574. The van der Waals surface area contributed by atoms with Gasteiger partial charge in [-0.3, -0.25) is 0 Å². The summed E-state index contributed by atoms with van der Waals surface area (Å²) >= 11 is 0. The van der Waals surface area contributed by atoms with Gasteiger partial charge in [0.25, 0.3) is 0 Å². The molecule has 0 aliphatic heterocycles. The van der Waals surface area contributed by atoms with E-state index in [1.54, 1.807) is 29.1 Å². The van der Waals surface area contributed by atoms with Gasteiger partial charge in [-0.05, 0) is 35.7 Å². The van der Waals surface area contributed by atoms with Crippen molar-refractivity contribution in [2.45, 2.75) is 13.0 Å². The number of nitriles is 1. The Bertz CT molecular complexity index is 890. The molecule has 1 unspecified atom stereocenters. The first-order valence-electron chi connectivity index (χ1n) is 7.37. The first-order valence-corrected chi connectivity index (χ1v) is 7.37. The van der Waals surface area contributed by atoms with Gasteiger partial charge in [0.2, 0.25) is 0 Å². The Morgan fingerprint density at radius 1 is 1.17 bits per heavy atom. The number of hydrogen-bond donors (Lipinski definition) is 1. The minimum atomic E-state index is -0.828. The molecule has 4 nitrogen and oxygen atoms in total. The predicted molar refractivity (Wildman–Crippen MR) is 88.6 cm³/mol. The highest BCUT2D eigenvalue weighted by Crippen LogP contribution is 2.30.